The van der Waals surface area contributed by atoms with Crippen molar-refractivity contribution in [2.75, 3.05) is 13.3 Å². The van der Waals surface area contributed by atoms with Crippen molar-refractivity contribution >= 4 is 11.8 Å². The Hall–Kier alpha value is -3.09. The van der Waals surface area contributed by atoms with Gasteiger partial charge in [0.2, 0.25) is 6.79 Å². The molecule has 136 valence electrons. The molecule has 2 aromatic rings. The molecule has 0 atom stereocenters. The Balaban J connectivity index is 1.59. The molecule has 0 aliphatic carbocycles. The number of amides is 2. The van der Waals surface area contributed by atoms with Gasteiger partial charge in [-0.25, -0.2) is 4.98 Å². The summed E-state index contributed by atoms with van der Waals surface area (Å²) in [6.07, 6.45) is 1.90. The lowest BCUT2D eigenvalue weighted by Gasteiger charge is -2.08. The molecule has 0 bridgehead atoms. The number of aromatic nitrogens is 1. The van der Waals surface area contributed by atoms with Crippen molar-refractivity contribution in [3.05, 3.63) is 53.3 Å². The lowest BCUT2D eigenvalue weighted by Crippen LogP contribution is -2.28. The third-order valence-corrected chi connectivity index (χ3v) is 3.92. The van der Waals surface area contributed by atoms with Crippen LogP contribution in [0.2, 0.25) is 0 Å². The molecule has 1 aliphatic heterocycles. The van der Waals surface area contributed by atoms with E-state index in [4.69, 9.17) is 9.47 Å². The molecule has 1 aliphatic rings. The van der Waals surface area contributed by atoms with Gasteiger partial charge in [-0.05, 0) is 36.2 Å². The summed E-state index contributed by atoms with van der Waals surface area (Å²) in [5, 5.41) is 5.58. The zero-order valence-corrected chi connectivity index (χ0v) is 14.6. The molecule has 26 heavy (non-hydrogen) atoms. The summed E-state index contributed by atoms with van der Waals surface area (Å²) in [5.74, 6) is 0.749. The van der Waals surface area contributed by atoms with Crippen LogP contribution in [0.5, 0.6) is 11.5 Å². The molecular formula is C19H21N3O4. The van der Waals surface area contributed by atoms with E-state index in [1.165, 1.54) is 0 Å². The minimum absolute atomic E-state index is 0.203. The number of ether oxygens (including phenoxy) is 2. The van der Waals surface area contributed by atoms with Crippen LogP contribution in [-0.2, 0) is 6.54 Å². The van der Waals surface area contributed by atoms with Crippen LogP contribution < -0.4 is 20.1 Å². The van der Waals surface area contributed by atoms with Gasteiger partial charge >= 0.3 is 0 Å². The summed E-state index contributed by atoms with van der Waals surface area (Å²) in [7, 11) is 0. The Morgan fingerprint density at radius 2 is 1.77 bits per heavy atom. The van der Waals surface area contributed by atoms with Crippen LogP contribution in [0.1, 0.15) is 46.3 Å². The van der Waals surface area contributed by atoms with Gasteiger partial charge in [0.1, 0.15) is 11.4 Å². The van der Waals surface area contributed by atoms with E-state index < -0.39 is 0 Å². The van der Waals surface area contributed by atoms with Crippen molar-refractivity contribution < 1.29 is 19.1 Å². The monoisotopic (exact) mass is 355 g/mol. The number of hydrogen-bond acceptors (Lipinski definition) is 5. The Bertz CT molecular complexity index is 807. The normalized spacial score (nSPS) is 11.9. The van der Waals surface area contributed by atoms with E-state index in [-0.39, 0.29) is 30.0 Å². The van der Waals surface area contributed by atoms with Gasteiger partial charge < -0.3 is 20.1 Å². The summed E-state index contributed by atoms with van der Waals surface area (Å²) in [4.78, 5) is 28.5. The molecule has 7 nitrogen and oxygen atoms in total. The first-order chi connectivity index (χ1) is 12.7. The number of nitrogens with one attached hydrogen (secondary N) is 2. The lowest BCUT2D eigenvalue weighted by molar-refractivity contribution is 0.0942. The van der Waals surface area contributed by atoms with Crippen LogP contribution in [0.15, 0.2) is 36.4 Å². The van der Waals surface area contributed by atoms with Gasteiger partial charge in [-0.2, -0.15) is 0 Å². The van der Waals surface area contributed by atoms with Crippen LogP contribution in [0.25, 0.3) is 0 Å². The average molecular weight is 355 g/mol. The van der Waals surface area contributed by atoms with E-state index in [1.807, 2.05) is 18.2 Å². The molecule has 0 spiro atoms. The summed E-state index contributed by atoms with van der Waals surface area (Å²) in [5.41, 5.74) is 1.32. The Labute approximate surface area is 151 Å². The fraction of sp³-hybridized carbons (Fsp3) is 0.316. The van der Waals surface area contributed by atoms with Crippen molar-refractivity contribution in [1.82, 2.24) is 15.6 Å². The first-order valence-electron chi connectivity index (χ1n) is 8.59. The van der Waals surface area contributed by atoms with Crippen LogP contribution in [-0.4, -0.2) is 30.1 Å². The van der Waals surface area contributed by atoms with Crippen molar-refractivity contribution in [1.29, 1.82) is 0 Å². The Morgan fingerprint density at radius 3 is 2.54 bits per heavy atom. The fourth-order valence-corrected chi connectivity index (χ4v) is 2.48. The van der Waals surface area contributed by atoms with Crippen molar-refractivity contribution in [2.24, 2.45) is 0 Å². The van der Waals surface area contributed by atoms with Gasteiger partial charge in [0.15, 0.2) is 11.5 Å². The minimum atomic E-state index is -0.342. The fourth-order valence-electron chi connectivity index (χ4n) is 2.48. The van der Waals surface area contributed by atoms with Crippen LogP contribution in [0.4, 0.5) is 0 Å². The summed E-state index contributed by atoms with van der Waals surface area (Å²) in [6, 6.07) is 10.3. The number of benzene rings is 1. The highest BCUT2D eigenvalue weighted by Gasteiger charge is 2.15. The topological polar surface area (TPSA) is 89.6 Å². The maximum absolute atomic E-state index is 12.3. The maximum Gasteiger partial charge on any atom is 0.270 e. The second-order valence-corrected chi connectivity index (χ2v) is 5.89. The van der Waals surface area contributed by atoms with Crippen molar-refractivity contribution in [3.8, 4) is 11.5 Å². The largest absolute Gasteiger partial charge is 0.454 e. The molecule has 0 saturated carbocycles. The molecule has 2 amide bonds. The SMILES string of the molecule is CCCCNC(=O)c1cccc(C(=O)NCc2ccc3c(c2)OCO3)n1. The summed E-state index contributed by atoms with van der Waals surface area (Å²) in [6.45, 7) is 3.18. The zero-order valence-electron chi connectivity index (χ0n) is 14.6. The van der Waals surface area contributed by atoms with Crippen molar-refractivity contribution in [3.63, 3.8) is 0 Å². The standard InChI is InChI=1S/C19H21N3O4/c1-2-3-9-20-18(23)14-5-4-6-15(22-14)19(24)21-11-13-7-8-16-17(10-13)26-12-25-16/h4-8,10H,2-3,9,11-12H2,1H3,(H,20,23)(H,21,24). The van der Waals surface area contributed by atoms with Crippen molar-refractivity contribution in [2.45, 2.75) is 26.3 Å². The maximum atomic E-state index is 12.3. The number of nitrogens with zero attached hydrogens (tertiary/aromatic N) is 1. The minimum Gasteiger partial charge on any atom is -0.454 e. The van der Waals surface area contributed by atoms with E-state index in [0.29, 0.717) is 24.6 Å². The molecule has 1 aromatic heterocycles. The second kappa shape index (κ2) is 8.33. The van der Waals surface area contributed by atoms with Gasteiger partial charge in [-0.1, -0.05) is 25.5 Å². The third-order valence-electron chi connectivity index (χ3n) is 3.92. The van der Waals surface area contributed by atoms with Crippen LogP contribution >= 0.6 is 0 Å². The van der Waals surface area contributed by atoms with Gasteiger partial charge in [0.25, 0.3) is 11.8 Å². The number of pyridine rings is 1. The predicted octanol–water partition coefficient (Wildman–Crippen LogP) is 2.27. The number of carbonyl (C=O) groups excluding carboxylic acids is 2. The molecule has 3 rings (SSSR count). The van der Waals surface area contributed by atoms with Gasteiger partial charge in [0, 0.05) is 13.1 Å². The summed E-state index contributed by atoms with van der Waals surface area (Å²) >= 11 is 0. The molecular weight excluding hydrogens is 334 g/mol. The van der Waals surface area contributed by atoms with Gasteiger partial charge in [-0.15, -0.1) is 0 Å². The first kappa shape index (κ1) is 17.7. The first-order valence-corrected chi connectivity index (χ1v) is 8.59. The molecule has 2 N–H and O–H groups in total. The number of carbonyl (C=O) groups is 2. The third kappa shape index (κ3) is 4.30. The van der Waals surface area contributed by atoms with E-state index in [1.54, 1.807) is 18.2 Å². The molecule has 1 aromatic carbocycles. The van der Waals surface area contributed by atoms with E-state index in [0.717, 1.165) is 18.4 Å². The Morgan fingerprint density at radius 1 is 1.04 bits per heavy atom. The van der Waals surface area contributed by atoms with Gasteiger partial charge in [0.05, 0.1) is 0 Å². The highest BCUT2D eigenvalue weighted by atomic mass is 16.7. The molecule has 0 radical (unpaired) electrons. The zero-order chi connectivity index (χ0) is 18.4. The smallest absolute Gasteiger partial charge is 0.270 e. The molecule has 7 heteroatoms. The Kier molecular flexibility index (Phi) is 5.68. The van der Waals surface area contributed by atoms with E-state index >= 15 is 0 Å². The summed E-state index contributed by atoms with van der Waals surface area (Å²) < 4.78 is 10.6. The lowest BCUT2D eigenvalue weighted by atomic mass is 10.2. The van der Waals surface area contributed by atoms with E-state index in [9.17, 15) is 9.59 Å². The van der Waals surface area contributed by atoms with Crippen LogP contribution in [0, 0.1) is 0 Å². The number of hydrogen-bond donors (Lipinski definition) is 2. The quantitative estimate of drug-likeness (QED) is 0.744. The van der Waals surface area contributed by atoms with Gasteiger partial charge in [-0.3, -0.25) is 9.59 Å². The highest BCUT2D eigenvalue weighted by molar-refractivity contribution is 5.96. The molecule has 2 heterocycles. The van der Waals surface area contributed by atoms with Crippen LogP contribution in [0.3, 0.4) is 0 Å². The second-order valence-electron chi connectivity index (χ2n) is 5.89. The molecule has 0 fully saturated rings. The number of rotatable bonds is 7. The average Bonchev–Trinajstić information content (AvgIpc) is 3.14. The predicted molar refractivity (Wildman–Crippen MR) is 95.2 cm³/mol. The van der Waals surface area contributed by atoms with E-state index in [2.05, 4.69) is 22.5 Å². The molecule has 0 unspecified atom stereocenters. The number of fused-ring (bicyclic) bond motifs is 1. The molecule has 0 saturated heterocycles. The highest BCUT2D eigenvalue weighted by Crippen LogP contribution is 2.32. The number of unbranched alkanes of at least 4 members (excludes halogenated alkanes) is 1.